The lowest BCUT2D eigenvalue weighted by atomic mass is 9.98. The molecule has 0 saturated carbocycles. The maximum absolute atomic E-state index is 12.1. The van der Waals surface area contributed by atoms with Gasteiger partial charge in [-0.3, -0.25) is 4.79 Å². The van der Waals surface area contributed by atoms with Gasteiger partial charge in [-0.25, -0.2) is 0 Å². The van der Waals surface area contributed by atoms with Gasteiger partial charge in [0.25, 0.3) is 5.91 Å². The van der Waals surface area contributed by atoms with Crippen LogP contribution in [0.3, 0.4) is 0 Å². The molecule has 1 aliphatic heterocycles. The second-order valence-corrected chi connectivity index (χ2v) is 6.30. The molecule has 0 spiro atoms. The third-order valence-corrected chi connectivity index (χ3v) is 4.58. The number of nitrogens with one attached hydrogen (secondary N) is 1. The molecule has 1 fully saturated rings. The van der Waals surface area contributed by atoms with Gasteiger partial charge in [-0.05, 0) is 63.0 Å². The van der Waals surface area contributed by atoms with Gasteiger partial charge in [0.1, 0.15) is 0 Å². The third kappa shape index (κ3) is 4.05. The molecule has 1 atom stereocenters. The van der Waals surface area contributed by atoms with Gasteiger partial charge < -0.3 is 10.2 Å². The summed E-state index contributed by atoms with van der Waals surface area (Å²) >= 11 is 3.45. The number of carbonyl (C=O) groups is 1. The van der Waals surface area contributed by atoms with Crippen molar-refractivity contribution in [3.63, 3.8) is 0 Å². The van der Waals surface area contributed by atoms with Crippen molar-refractivity contribution in [2.45, 2.75) is 19.8 Å². The van der Waals surface area contributed by atoms with Gasteiger partial charge in [-0.15, -0.1) is 0 Å². The number of amides is 1. The van der Waals surface area contributed by atoms with E-state index in [4.69, 9.17) is 0 Å². The lowest BCUT2D eigenvalue weighted by molar-refractivity contribution is 0.0936. The quantitative estimate of drug-likeness (QED) is 0.927. The van der Waals surface area contributed by atoms with Crippen molar-refractivity contribution in [1.29, 1.82) is 0 Å². The molecule has 3 nitrogen and oxygen atoms in total. The third-order valence-electron chi connectivity index (χ3n) is 3.69. The van der Waals surface area contributed by atoms with E-state index < -0.39 is 0 Å². The van der Waals surface area contributed by atoms with Crippen LogP contribution in [0.15, 0.2) is 22.7 Å². The molecule has 1 aromatic rings. The van der Waals surface area contributed by atoms with E-state index in [1.54, 1.807) is 0 Å². The first kappa shape index (κ1) is 14.5. The molecular weight excluding hydrogens is 304 g/mol. The van der Waals surface area contributed by atoms with Crippen LogP contribution in [0.4, 0.5) is 0 Å². The fourth-order valence-corrected chi connectivity index (χ4v) is 2.81. The molecule has 0 aromatic heterocycles. The average molecular weight is 325 g/mol. The number of rotatable bonds is 3. The monoisotopic (exact) mass is 324 g/mol. The van der Waals surface area contributed by atoms with Crippen molar-refractivity contribution in [1.82, 2.24) is 10.2 Å². The smallest absolute Gasteiger partial charge is 0.251 e. The molecule has 0 aliphatic carbocycles. The Morgan fingerprint density at radius 2 is 2.32 bits per heavy atom. The summed E-state index contributed by atoms with van der Waals surface area (Å²) in [6.45, 7) is 5.03. The number of likely N-dealkylation sites (tertiary alicyclic amines) is 1. The highest BCUT2D eigenvalue weighted by atomic mass is 79.9. The van der Waals surface area contributed by atoms with Crippen LogP contribution in [-0.4, -0.2) is 37.5 Å². The molecule has 19 heavy (non-hydrogen) atoms. The van der Waals surface area contributed by atoms with E-state index in [9.17, 15) is 4.79 Å². The van der Waals surface area contributed by atoms with Gasteiger partial charge in [0.15, 0.2) is 0 Å². The fourth-order valence-electron chi connectivity index (χ4n) is 2.56. The number of nitrogens with zero attached hydrogens (tertiary/aromatic N) is 1. The molecule has 4 heteroatoms. The predicted octanol–water partition coefficient (Wildman–Crippen LogP) is 2.83. The Morgan fingerprint density at radius 1 is 1.53 bits per heavy atom. The highest BCUT2D eigenvalue weighted by Gasteiger charge is 2.18. The van der Waals surface area contributed by atoms with Crippen LogP contribution in [0.5, 0.6) is 0 Å². The van der Waals surface area contributed by atoms with Gasteiger partial charge in [-0.1, -0.05) is 15.9 Å². The van der Waals surface area contributed by atoms with Crippen molar-refractivity contribution in [2.24, 2.45) is 5.92 Å². The molecule has 0 bridgehead atoms. The minimum absolute atomic E-state index is 0.0313. The van der Waals surface area contributed by atoms with Crippen LogP contribution in [-0.2, 0) is 0 Å². The summed E-state index contributed by atoms with van der Waals surface area (Å²) in [5, 5.41) is 3.05. The summed E-state index contributed by atoms with van der Waals surface area (Å²) in [4.78, 5) is 14.4. The van der Waals surface area contributed by atoms with Crippen LogP contribution >= 0.6 is 15.9 Å². The van der Waals surface area contributed by atoms with Crippen molar-refractivity contribution >= 4 is 21.8 Å². The zero-order valence-corrected chi connectivity index (χ0v) is 13.2. The van der Waals surface area contributed by atoms with E-state index in [-0.39, 0.29) is 5.91 Å². The molecule has 1 N–H and O–H groups in total. The van der Waals surface area contributed by atoms with Gasteiger partial charge in [0.05, 0.1) is 0 Å². The molecule has 1 heterocycles. The highest BCUT2D eigenvalue weighted by molar-refractivity contribution is 9.10. The minimum Gasteiger partial charge on any atom is -0.352 e. The van der Waals surface area contributed by atoms with Crippen molar-refractivity contribution in [2.75, 3.05) is 26.7 Å². The maximum Gasteiger partial charge on any atom is 0.251 e. The zero-order chi connectivity index (χ0) is 13.8. The SMILES string of the molecule is Cc1cc(C(=O)NCC2CCCN(C)C2)ccc1Br. The Kier molecular flexibility index (Phi) is 4.99. The van der Waals surface area contributed by atoms with Gasteiger partial charge in [0, 0.05) is 23.1 Å². The summed E-state index contributed by atoms with van der Waals surface area (Å²) in [6.07, 6.45) is 2.44. The van der Waals surface area contributed by atoms with E-state index in [1.807, 2.05) is 25.1 Å². The normalized spacial score (nSPS) is 20.3. The topological polar surface area (TPSA) is 32.3 Å². The Hall–Kier alpha value is -0.870. The molecule has 1 aromatic carbocycles. The summed E-state index contributed by atoms with van der Waals surface area (Å²) in [6, 6.07) is 5.71. The number of halogens is 1. The van der Waals surface area contributed by atoms with E-state index in [2.05, 4.69) is 33.2 Å². The van der Waals surface area contributed by atoms with Crippen molar-refractivity contribution in [3.05, 3.63) is 33.8 Å². The lowest BCUT2D eigenvalue weighted by Crippen LogP contribution is -2.39. The first-order chi connectivity index (χ1) is 9.06. The summed E-state index contributed by atoms with van der Waals surface area (Å²) < 4.78 is 1.04. The Bertz CT molecular complexity index is 461. The number of hydrogen-bond acceptors (Lipinski definition) is 2. The summed E-state index contributed by atoms with van der Waals surface area (Å²) in [5.41, 5.74) is 1.83. The highest BCUT2D eigenvalue weighted by Crippen LogP contribution is 2.17. The molecular formula is C15H21BrN2O. The second-order valence-electron chi connectivity index (χ2n) is 5.44. The standard InChI is InChI=1S/C15H21BrN2O/c1-11-8-13(5-6-14(11)16)15(19)17-9-12-4-3-7-18(2)10-12/h5-6,8,12H,3-4,7,9-10H2,1-2H3,(H,17,19). The van der Waals surface area contributed by atoms with E-state index in [0.29, 0.717) is 5.92 Å². The van der Waals surface area contributed by atoms with Crippen LogP contribution in [0, 0.1) is 12.8 Å². The number of piperidine rings is 1. The molecule has 104 valence electrons. The zero-order valence-electron chi connectivity index (χ0n) is 11.6. The van der Waals surface area contributed by atoms with E-state index >= 15 is 0 Å². The molecule has 1 aliphatic rings. The first-order valence-corrected chi connectivity index (χ1v) is 7.58. The first-order valence-electron chi connectivity index (χ1n) is 6.79. The maximum atomic E-state index is 12.1. The molecule has 0 radical (unpaired) electrons. The minimum atomic E-state index is 0.0313. The van der Waals surface area contributed by atoms with Crippen LogP contribution in [0.1, 0.15) is 28.8 Å². The van der Waals surface area contributed by atoms with E-state index in [1.165, 1.54) is 19.4 Å². The number of benzene rings is 1. The number of aryl methyl sites for hydroxylation is 1. The fraction of sp³-hybridized carbons (Fsp3) is 0.533. The molecule has 1 amide bonds. The largest absolute Gasteiger partial charge is 0.352 e. The van der Waals surface area contributed by atoms with Crippen LogP contribution in [0.2, 0.25) is 0 Å². The van der Waals surface area contributed by atoms with Gasteiger partial charge in [0.2, 0.25) is 0 Å². The predicted molar refractivity (Wildman–Crippen MR) is 81.4 cm³/mol. The van der Waals surface area contributed by atoms with Crippen molar-refractivity contribution in [3.8, 4) is 0 Å². The van der Waals surface area contributed by atoms with Gasteiger partial charge >= 0.3 is 0 Å². The van der Waals surface area contributed by atoms with Crippen molar-refractivity contribution < 1.29 is 4.79 Å². The molecule has 1 saturated heterocycles. The lowest BCUT2D eigenvalue weighted by Gasteiger charge is -2.29. The second kappa shape index (κ2) is 6.53. The van der Waals surface area contributed by atoms with Crippen LogP contribution < -0.4 is 5.32 Å². The number of carbonyl (C=O) groups excluding carboxylic acids is 1. The average Bonchev–Trinajstić information content (AvgIpc) is 2.39. The summed E-state index contributed by atoms with van der Waals surface area (Å²) in [5.74, 6) is 0.614. The van der Waals surface area contributed by atoms with Crippen LogP contribution in [0.25, 0.3) is 0 Å². The summed E-state index contributed by atoms with van der Waals surface area (Å²) in [7, 11) is 2.14. The van der Waals surface area contributed by atoms with E-state index in [0.717, 1.165) is 28.7 Å². The Morgan fingerprint density at radius 3 is 3.00 bits per heavy atom. The Balaban J connectivity index is 1.88. The number of hydrogen-bond donors (Lipinski definition) is 1. The molecule has 1 unspecified atom stereocenters. The van der Waals surface area contributed by atoms with Gasteiger partial charge in [-0.2, -0.15) is 0 Å². The Labute approximate surface area is 123 Å². The molecule has 2 rings (SSSR count).